The minimum absolute atomic E-state index is 0.103. The quantitative estimate of drug-likeness (QED) is 0.810. The fourth-order valence-corrected chi connectivity index (χ4v) is 3.82. The van der Waals surface area contributed by atoms with Gasteiger partial charge >= 0.3 is 0 Å². The Morgan fingerprint density at radius 3 is 2.52 bits per heavy atom. The van der Waals surface area contributed by atoms with Crippen molar-refractivity contribution in [2.75, 3.05) is 16.8 Å². The fourth-order valence-electron chi connectivity index (χ4n) is 3.82. The molecule has 0 fully saturated rings. The molecule has 2 unspecified atom stereocenters. The average molecular weight is 397 g/mol. The van der Waals surface area contributed by atoms with Gasteiger partial charge in [0.05, 0.1) is 17.9 Å². The van der Waals surface area contributed by atoms with Gasteiger partial charge in [-0.05, 0) is 42.2 Å². The summed E-state index contributed by atoms with van der Waals surface area (Å²) < 4.78 is 13.3. The molecular weight excluding hydrogens is 369 g/mol. The van der Waals surface area contributed by atoms with Crippen LogP contribution in [0.15, 0.2) is 48.5 Å². The van der Waals surface area contributed by atoms with Crippen molar-refractivity contribution >= 4 is 23.2 Å². The van der Waals surface area contributed by atoms with Gasteiger partial charge in [0.2, 0.25) is 11.8 Å². The van der Waals surface area contributed by atoms with Crippen LogP contribution < -0.4 is 15.5 Å². The van der Waals surface area contributed by atoms with Gasteiger partial charge in [-0.15, -0.1) is 0 Å². The Bertz CT molecular complexity index is 890. The lowest BCUT2D eigenvalue weighted by Gasteiger charge is -2.34. The molecule has 3 rings (SSSR count). The number of nitrogens with one attached hydrogen (secondary N) is 2. The summed E-state index contributed by atoms with van der Waals surface area (Å²) in [6, 6.07) is 13.3. The van der Waals surface area contributed by atoms with Crippen LogP contribution in [0.1, 0.15) is 45.7 Å². The van der Waals surface area contributed by atoms with E-state index in [1.807, 2.05) is 25.1 Å². The first-order valence-electron chi connectivity index (χ1n) is 9.86. The van der Waals surface area contributed by atoms with Crippen molar-refractivity contribution in [3.05, 3.63) is 59.9 Å². The molecule has 29 heavy (non-hydrogen) atoms. The first-order chi connectivity index (χ1) is 13.7. The van der Waals surface area contributed by atoms with E-state index in [0.29, 0.717) is 11.4 Å². The van der Waals surface area contributed by atoms with Crippen molar-refractivity contribution < 1.29 is 14.0 Å². The maximum atomic E-state index is 13.3. The monoisotopic (exact) mass is 397 g/mol. The molecule has 1 heterocycles. The van der Waals surface area contributed by atoms with E-state index in [1.165, 1.54) is 12.1 Å². The molecule has 2 aromatic carbocycles. The lowest BCUT2D eigenvalue weighted by molar-refractivity contribution is -0.118. The Morgan fingerprint density at radius 2 is 1.86 bits per heavy atom. The van der Waals surface area contributed by atoms with Crippen molar-refractivity contribution in [1.29, 1.82) is 0 Å². The number of carbonyl (C=O) groups is 2. The molecule has 0 saturated heterocycles. The highest BCUT2D eigenvalue weighted by atomic mass is 19.1. The minimum atomic E-state index is -0.287. The summed E-state index contributed by atoms with van der Waals surface area (Å²) in [5, 5.41) is 6.23. The molecule has 5 nitrogen and oxygen atoms in total. The summed E-state index contributed by atoms with van der Waals surface area (Å²) in [5.74, 6) is -0.505. The summed E-state index contributed by atoms with van der Waals surface area (Å²) in [5.41, 5.74) is 2.08. The van der Waals surface area contributed by atoms with Gasteiger partial charge in [0.15, 0.2) is 0 Å². The summed E-state index contributed by atoms with van der Waals surface area (Å²) >= 11 is 0. The Labute approximate surface area is 171 Å². The lowest BCUT2D eigenvalue weighted by atomic mass is 9.82. The zero-order valence-corrected chi connectivity index (χ0v) is 17.3. The van der Waals surface area contributed by atoms with Gasteiger partial charge in [-0.25, -0.2) is 4.39 Å². The van der Waals surface area contributed by atoms with Crippen molar-refractivity contribution in [2.24, 2.45) is 5.41 Å². The van der Waals surface area contributed by atoms with Gasteiger partial charge in [0.1, 0.15) is 5.82 Å². The van der Waals surface area contributed by atoms with Crippen LogP contribution in [0.5, 0.6) is 0 Å². The van der Waals surface area contributed by atoms with E-state index < -0.39 is 0 Å². The maximum absolute atomic E-state index is 13.3. The third-order valence-corrected chi connectivity index (χ3v) is 5.15. The average Bonchev–Trinajstić information content (AvgIpc) is 2.76. The van der Waals surface area contributed by atoms with E-state index in [0.717, 1.165) is 5.56 Å². The Hall–Kier alpha value is -2.73. The predicted molar refractivity (Wildman–Crippen MR) is 113 cm³/mol. The Balaban J connectivity index is 1.82. The van der Waals surface area contributed by atoms with Crippen LogP contribution in [0.3, 0.4) is 0 Å². The molecule has 0 aliphatic carbocycles. The van der Waals surface area contributed by atoms with E-state index in [2.05, 4.69) is 31.4 Å². The van der Waals surface area contributed by atoms with E-state index in [1.54, 1.807) is 23.1 Å². The molecule has 1 aliphatic rings. The largest absolute Gasteiger partial charge is 0.324 e. The number of para-hydroxylation sites is 2. The number of rotatable bonds is 4. The lowest BCUT2D eigenvalue weighted by Crippen LogP contribution is -2.46. The summed E-state index contributed by atoms with van der Waals surface area (Å²) in [4.78, 5) is 27.0. The number of hydrogen-bond donors (Lipinski definition) is 2. The van der Waals surface area contributed by atoms with Crippen LogP contribution in [0.2, 0.25) is 0 Å². The van der Waals surface area contributed by atoms with Gasteiger partial charge in [-0.2, -0.15) is 0 Å². The zero-order valence-electron chi connectivity index (χ0n) is 17.3. The molecule has 0 bridgehead atoms. The second kappa shape index (κ2) is 8.33. The van der Waals surface area contributed by atoms with Gasteiger partial charge in [0, 0.05) is 18.5 Å². The predicted octanol–water partition coefficient (Wildman–Crippen LogP) is 4.27. The highest BCUT2D eigenvalue weighted by Crippen LogP contribution is 2.34. The molecule has 154 valence electrons. The molecule has 2 atom stereocenters. The minimum Gasteiger partial charge on any atom is -0.324 e. The molecular formula is C23H28FN3O2. The molecule has 2 aromatic rings. The molecule has 0 saturated carbocycles. The van der Waals surface area contributed by atoms with Crippen LogP contribution in [0.4, 0.5) is 15.8 Å². The first kappa shape index (κ1) is 21.0. The number of anilines is 2. The Kier molecular flexibility index (Phi) is 6.03. The van der Waals surface area contributed by atoms with E-state index in [9.17, 15) is 14.0 Å². The highest BCUT2D eigenvalue weighted by molar-refractivity contribution is 6.04. The fraction of sp³-hybridized carbons (Fsp3) is 0.391. The van der Waals surface area contributed by atoms with Gasteiger partial charge in [0.25, 0.3) is 0 Å². The highest BCUT2D eigenvalue weighted by Gasteiger charge is 2.31. The van der Waals surface area contributed by atoms with E-state index >= 15 is 0 Å². The SMILES string of the molecule is CC1CC(=O)Nc2ccccc2N1C(=O)CNC(c1ccc(F)cc1)C(C)(C)C. The summed E-state index contributed by atoms with van der Waals surface area (Å²) in [6.07, 6.45) is 0.237. The topological polar surface area (TPSA) is 61.4 Å². The molecule has 2 N–H and O–H groups in total. The van der Waals surface area contributed by atoms with Crippen LogP contribution in [-0.4, -0.2) is 24.4 Å². The number of fused-ring (bicyclic) bond motifs is 1. The second-order valence-electron chi connectivity index (χ2n) is 8.61. The van der Waals surface area contributed by atoms with Crippen LogP contribution in [0, 0.1) is 11.2 Å². The molecule has 0 radical (unpaired) electrons. The van der Waals surface area contributed by atoms with Gasteiger partial charge in [-0.1, -0.05) is 45.0 Å². The number of nitrogens with zero attached hydrogens (tertiary/aromatic N) is 1. The number of benzene rings is 2. The molecule has 0 aromatic heterocycles. The number of halogens is 1. The second-order valence-corrected chi connectivity index (χ2v) is 8.61. The Morgan fingerprint density at radius 1 is 1.21 bits per heavy atom. The normalized spacial score (nSPS) is 17.9. The molecule has 6 heteroatoms. The van der Waals surface area contributed by atoms with E-state index in [-0.39, 0.29) is 48.1 Å². The standard InChI is InChI=1S/C23H28FN3O2/c1-15-13-20(28)26-18-7-5-6-8-19(18)27(15)21(29)14-25-22(23(2,3)4)16-9-11-17(24)12-10-16/h5-12,15,22,25H,13-14H2,1-4H3,(H,26,28). The zero-order chi connectivity index (χ0) is 21.2. The number of hydrogen-bond acceptors (Lipinski definition) is 3. The van der Waals surface area contributed by atoms with Gasteiger partial charge in [-0.3, -0.25) is 9.59 Å². The van der Waals surface area contributed by atoms with Gasteiger partial charge < -0.3 is 15.5 Å². The molecule has 0 spiro atoms. The first-order valence-corrected chi connectivity index (χ1v) is 9.86. The van der Waals surface area contributed by atoms with Crippen molar-refractivity contribution in [2.45, 2.75) is 46.2 Å². The summed E-state index contributed by atoms with van der Waals surface area (Å²) in [7, 11) is 0. The van der Waals surface area contributed by atoms with E-state index in [4.69, 9.17) is 0 Å². The van der Waals surface area contributed by atoms with Crippen molar-refractivity contribution in [3.63, 3.8) is 0 Å². The van der Waals surface area contributed by atoms with Crippen LogP contribution >= 0.6 is 0 Å². The van der Waals surface area contributed by atoms with Crippen LogP contribution in [0.25, 0.3) is 0 Å². The molecule has 1 aliphatic heterocycles. The maximum Gasteiger partial charge on any atom is 0.241 e. The van der Waals surface area contributed by atoms with Crippen molar-refractivity contribution in [3.8, 4) is 0 Å². The third kappa shape index (κ3) is 4.82. The van der Waals surface area contributed by atoms with Crippen molar-refractivity contribution in [1.82, 2.24) is 5.32 Å². The number of carbonyl (C=O) groups excluding carboxylic acids is 2. The molecule has 2 amide bonds. The van der Waals surface area contributed by atoms with Crippen LogP contribution in [-0.2, 0) is 9.59 Å². The third-order valence-electron chi connectivity index (χ3n) is 5.15. The number of amides is 2. The summed E-state index contributed by atoms with van der Waals surface area (Å²) in [6.45, 7) is 8.20. The smallest absolute Gasteiger partial charge is 0.241 e.